The molecule has 1 rings (SSSR count). The van der Waals surface area contributed by atoms with Gasteiger partial charge in [0.05, 0.1) is 7.11 Å². The molecule has 0 unspecified atom stereocenters. The molecule has 0 amide bonds. The van der Waals surface area contributed by atoms with E-state index in [9.17, 15) is 0 Å². The molecule has 0 fully saturated rings. The van der Waals surface area contributed by atoms with Gasteiger partial charge in [0.1, 0.15) is 18.1 Å². The summed E-state index contributed by atoms with van der Waals surface area (Å²) in [6, 6.07) is 7.58. The maximum atomic E-state index is 5.52. The van der Waals surface area contributed by atoms with Crippen molar-refractivity contribution in [3.05, 3.63) is 36.9 Å². The van der Waals surface area contributed by atoms with E-state index in [1.807, 2.05) is 30.3 Å². The summed E-state index contributed by atoms with van der Waals surface area (Å²) in [7, 11) is 1.64. The molecule has 1 aromatic rings. The predicted octanol–water partition coefficient (Wildman–Crippen LogP) is 1.85. The second-order valence-electron chi connectivity index (χ2n) is 3.02. The molecule has 0 aliphatic carbocycles. The zero-order valence-corrected chi connectivity index (χ0v) is 9.03. The summed E-state index contributed by atoms with van der Waals surface area (Å²) in [4.78, 5) is 0. The fraction of sp³-hybridized carbons (Fsp3) is 0.333. The minimum atomic E-state index is 0.640. The molecule has 0 spiro atoms. The van der Waals surface area contributed by atoms with Crippen molar-refractivity contribution in [1.82, 2.24) is 5.32 Å². The van der Waals surface area contributed by atoms with Crippen LogP contribution in [-0.4, -0.2) is 26.8 Å². The highest BCUT2D eigenvalue weighted by Gasteiger charge is 1.95. The van der Waals surface area contributed by atoms with E-state index < -0.39 is 0 Å². The van der Waals surface area contributed by atoms with Crippen molar-refractivity contribution < 1.29 is 9.47 Å². The molecule has 0 aliphatic rings. The normalized spacial score (nSPS) is 9.67. The maximum absolute atomic E-state index is 5.52. The van der Waals surface area contributed by atoms with Crippen LogP contribution in [0.25, 0.3) is 0 Å². The van der Waals surface area contributed by atoms with Crippen LogP contribution in [0.3, 0.4) is 0 Å². The quantitative estimate of drug-likeness (QED) is 0.546. The van der Waals surface area contributed by atoms with Crippen molar-refractivity contribution in [3.8, 4) is 11.5 Å². The van der Waals surface area contributed by atoms with Crippen LogP contribution in [0.4, 0.5) is 0 Å². The largest absolute Gasteiger partial charge is 0.497 e. The Morgan fingerprint density at radius 2 is 2.20 bits per heavy atom. The second kappa shape index (κ2) is 6.90. The Labute approximate surface area is 90.7 Å². The molecule has 1 N–H and O–H groups in total. The first kappa shape index (κ1) is 11.6. The van der Waals surface area contributed by atoms with E-state index in [0.717, 1.165) is 24.6 Å². The number of nitrogens with one attached hydrogen (secondary N) is 1. The van der Waals surface area contributed by atoms with E-state index in [-0.39, 0.29) is 0 Å². The van der Waals surface area contributed by atoms with Gasteiger partial charge in [0.15, 0.2) is 0 Å². The fourth-order valence-corrected chi connectivity index (χ4v) is 1.14. The molecule has 0 aromatic heterocycles. The van der Waals surface area contributed by atoms with Crippen molar-refractivity contribution in [1.29, 1.82) is 0 Å². The van der Waals surface area contributed by atoms with E-state index in [4.69, 9.17) is 9.47 Å². The van der Waals surface area contributed by atoms with Crippen LogP contribution >= 0.6 is 0 Å². The summed E-state index contributed by atoms with van der Waals surface area (Å²) in [6.07, 6.45) is 1.82. The summed E-state index contributed by atoms with van der Waals surface area (Å²) in [5.74, 6) is 1.64. The molecule has 0 bridgehead atoms. The third-order valence-corrected chi connectivity index (χ3v) is 1.88. The van der Waals surface area contributed by atoms with Crippen LogP contribution in [0.15, 0.2) is 36.9 Å². The molecule has 0 aliphatic heterocycles. The fourth-order valence-electron chi connectivity index (χ4n) is 1.14. The number of methoxy groups -OCH3 is 1. The molecule has 1 aromatic carbocycles. The Kier molecular flexibility index (Phi) is 5.33. The minimum absolute atomic E-state index is 0.640. The van der Waals surface area contributed by atoms with Gasteiger partial charge in [-0.25, -0.2) is 0 Å². The van der Waals surface area contributed by atoms with Gasteiger partial charge in [-0.3, -0.25) is 0 Å². The SMILES string of the molecule is C=CCNCCOc1cccc(OC)c1. The van der Waals surface area contributed by atoms with E-state index in [1.165, 1.54) is 0 Å². The van der Waals surface area contributed by atoms with E-state index >= 15 is 0 Å². The Hall–Kier alpha value is -1.48. The van der Waals surface area contributed by atoms with Crippen LogP contribution in [0.2, 0.25) is 0 Å². The zero-order valence-electron chi connectivity index (χ0n) is 9.03. The molecule has 0 saturated heterocycles. The number of rotatable bonds is 7. The number of hydrogen-bond acceptors (Lipinski definition) is 3. The Bertz CT molecular complexity index is 299. The van der Waals surface area contributed by atoms with Crippen molar-refractivity contribution >= 4 is 0 Å². The van der Waals surface area contributed by atoms with Crippen molar-refractivity contribution in [2.45, 2.75) is 0 Å². The van der Waals surface area contributed by atoms with Crippen molar-refractivity contribution in [2.24, 2.45) is 0 Å². The van der Waals surface area contributed by atoms with Crippen LogP contribution in [0, 0.1) is 0 Å². The highest BCUT2D eigenvalue weighted by Crippen LogP contribution is 2.18. The van der Waals surface area contributed by atoms with Gasteiger partial charge in [0, 0.05) is 19.2 Å². The lowest BCUT2D eigenvalue weighted by Gasteiger charge is -2.07. The molecule has 15 heavy (non-hydrogen) atoms. The highest BCUT2D eigenvalue weighted by atomic mass is 16.5. The minimum Gasteiger partial charge on any atom is -0.497 e. The summed E-state index contributed by atoms with van der Waals surface area (Å²) >= 11 is 0. The first-order valence-corrected chi connectivity index (χ1v) is 4.95. The number of hydrogen-bond donors (Lipinski definition) is 1. The third-order valence-electron chi connectivity index (χ3n) is 1.88. The van der Waals surface area contributed by atoms with Gasteiger partial charge < -0.3 is 14.8 Å². The van der Waals surface area contributed by atoms with Crippen LogP contribution in [-0.2, 0) is 0 Å². The summed E-state index contributed by atoms with van der Waals surface area (Å²) in [5.41, 5.74) is 0. The Morgan fingerprint density at radius 3 is 2.93 bits per heavy atom. The van der Waals surface area contributed by atoms with Crippen LogP contribution < -0.4 is 14.8 Å². The molecule has 0 saturated carbocycles. The first-order valence-electron chi connectivity index (χ1n) is 4.95. The summed E-state index contributed by atoms with van der Waals surface area (Å²) < 4.78 is 10.6. The molecular weight excluding hydrogens is 190 g/mol. The molecule has 0 heterocycles. The Morgan fingerprint density at radius 1 is 1.40 bits per heavy atom. The molecule has 0 atom stereocenters. The zero-order chi connectivity index (χ0) is 10.9. The molecular formula is C12H17NO2. The highest BCUT2D eigenvalue weighted by molar-refractivity contribution is 5.32. The lowest BCUT2D eigenvalue weighted by molar-refractivity contribution is 0.314. The second-order valence-corrected chi connectivity index (χ2v) is 3.02. The average Bonchev–Trinajstić information content (AvgIpc) is 2.29. The van der Waals surface area contributed by atoms with Crippen molar-refractivity contribution in [3.63, 3.8) is 0 Å². The molecule has 82 valence electrons. The average molecular weight is 207 g/mol. The van der Waals surface area contributed by atoms with Gasteiger partial charge in [-0.1, -0.05) is 12.1 Å². The molecule has 3 nitrogen and oxygen atoms in total. The van der Waals surface area contributed by atoms with E-state index in [1.54, 1.807) is 7.11 Å². The smallest absolute Gasteiger partial charge is 0.123 e. The van der Waals surface area contributed by atoms with Crippen LogP contribution in [0.5, 0.6) is 11.5 Å². The van der Waals surface area contributed by atoms with Gasteiger partial charge >= 0.3 is 0 Å². The van der Waals surface area contributed by atoms with E-state index in [0.29, 0.717) is 6.61 Å². The van der Waals surface area contributed by atoms with Gasteiger partial charge in [-0.15, -0.1) is 6.58 Å². The molecule has 0 radical (unpaired) electrons. The van der Waals surface area contributed by atoms with Gasteiger partial charge in [-0.05, 0) is 12.1 Å². The predicted molar refractivity (Wildman–Crippen MR) is 61.6 cm³/mol. The lowest BCUT2D eigenvalue weighted by atomic mass is 10.3. The Balaban J connectivity index is 2.27. The standard InChI is InChI=1S/C12H17NO2/c1-3-7-13-8-9-15-12-6-4-5-11(10-12)14-2/h3-6,10,13H,1,7-9H2,2H3. The van der Waals surface area contributed by atoms with Gasteiger partial charge in [0.25, 0.3) is 0 Å². The van der Waals surface area contributed by atoms with Gasteiger partial charge in [-0.2, -0.15) is 0 Å². The third kappa shape index (κ3) is 4.51. The monoisotopic (exact) mass is 207 g/mol. The molecule has 3 heteroatoms. The van der Waals surface area contributed by atoms with Crippen molar-refractivity contribution in [2.75, 3.05) is 26.8 Å². The van der Waals surface area contributed by atoms with Gasteiger partial charge in [0.2, 0.25) is 0 Å². The lowest BCUT2D eigenvalue weighted by Crippen LogP contribution is -2.20. The maximum Gasteiger partial charge on any atom is 0.123 e. The number of benzene rings is 1. The van der Waals surface area contributed by atoms with E-state index in [2.05, 4.69) is 11.9 Å². The topological polar surface area (TPSA) is 30.5 Å². The first-order chi connectivity index (χ1) is 7.36. The number of ether oxygens (including phenoxy) is 2. The van der Waals surface area contributed by atoms with Crippen LogP contribution in [0.1, 0.15) is 0 Å². The summed E-state index contributed by atoms with van der Waals surface area (Å²) in [5, 5.41) is 3.16. The summed E-state index contributed by atoms with van der Waals surface area (Å²) in [6.45, 7) is 5.87.